The number of carbonyl (C=O) groups is 1. The minimum atomic E-state index is -0.667. The van der Waals surface area contributed by atoms with Crippen molar-refractivity contribution in [2.24, 2.45) is 51.8 Å². The van der Waals surface area contributed by atoms with Crippen molar-refractivity contribution in [1.82, 2.24) is 0 Å². The number of rotatable bonds is 0. The van der Waals surface area contributed by atoms with Gasteiger partial charge >= 0.3 is 0 Å². The van der Waals surface area contributed by atoms with Crippen molar-refractivity contribution in [1.29, 1.82) is 0 Å². The fourth-order valence-corrected chi connectivity index (χ4v) is 9.26. The Morgan fingerprint density at radius 3 is 2.48 bits per heavy atom. The number of aliphatic hydroxyl groups excluding tert-OH is 1. The van der Waals surface area contributed by atoms with E-state index >= 15 is 0 Å². The summed E-state index contributed by atoms with van der Waals surface area (Å²) in [4.78, 5) is 13.2. The molecule has 6 saturated carbocycles. The average molecular weight is 344 g/mol. The number of hydrogen-bond donors (Lipinski definition) is 2. The van der Waals surface area contributed by atoms with Gasteiger partial charge in [0.1, 0.15) is 5.78 Å². The topological polar surface area (TPSA) is 57.5 Å². The van der Waals surface area contributed by atoms with E-state index in [1.165, 1.54) is 0 Å². The van der Waals surface area contributed by atoms with E-state index in [0.29, 0.717) is 47.7 Å². The smallest absolute Gasteiger partial charge is 0.145 e. The molecule has 0 heterocycles. The lowest BCUT2D eigenvalue weighted by Crippen LogP contribution is -2.64. The number of carbonyl (C=O) groups excluding carboxylic acids is 1. The summed E-state index contributed by atoms with van der Waals surface area (Å²) < 4.78 is 0. The molecule has 25 heavy (non-hydrogen) atoms. The minimum Gasteiger partial charge on any atom is -0.393 e. The quantitative estimate of drug-likeness (QED) is 0.710. The fourth-order valence-electron chi connectivity index (χ4n) is 9.26. The molecular weight excluding hydrogens is 312 g/mol. The van der Waals surface area contributed by atoms with Crippen LogP contribution in [0.15, 0.2) is 0 Å². The molecule has 6 fully saturated rings. The first kappa shape index (κ1) is 15.6. The van der Waals surface area contributed by atoms with Crippen molar-refractivity contribution in [3.05, 3.63) is 0 Å². The lowest BCUT2D eigenvalue weighted by Gasteiger charge is -2.63. The van der Waals surface area contributed by atoms with Crippen molar-refractivity contribution in [2.75, 3.05) is 0 Å². The number of aliphatic hydroxyl groups is 2. The Hall–Kier alpha value is -0.410. The van der Waals surface area contributed by atoms with Crippen LogP contribution in [0.5, 0.6) is 0 Å². The summed E-state index contributed by atoms with van der Waals surface area (Å²) in [5.41, 5.74) is -0.839. The first-order valence-electron chi connectivity index (χ1n) is 10.6. The van der Waals surface area contributed by atoms with E-state index < -0.39 is 5.60 Å². The van der Waals surface area contributed by atoms with Crippen LogP contribution in [0, 0.1) is 51.8 Å². The van der Waals surface area contributed by atoms with E-state index in [0.717, 1.165) is 38.5 Å². The third-order valence-corrected chi connectivity index (χ3v) is 10.7. The third kappa shape index (κ3) is 1.47. The van der Waals surface area contributed by atoms with Crippen LogP contribution in [0.25, 0.3) is 0 Å². The van der Waals surface area contributed by atoms with E-state index in [4.69, 9.17) is 0 Å². The second kappa shape index (κ2) is 4.04. The molecule has 3 nitrogen and oxygen atoms in total. The zero-order valence-electron chi connectivity index (χ0n) is 15.8. The fraction of sp³-hybridized carbons (Fsp3) is 0.955. The van der Waals surface area contributed by atoms with Crippen LogP contribution in [0.1, 0.15) is 65.7 Å². The summed E-state index contributed by atoms with van der Waals surface area (Å²) in [6, 6.07) is 0. The van der Waals surface area contributed by atoms with Crippen LogP contribution in [0.4, 0.5) is 0 Å². The highest BCUT2D eigenvalue weighted by molar-refractivity contribution is 5.96. The summed E-state index contributed by atoms with van der Waals surface area (Å²) in [6.07, 6.45) is 6.41. The molecular formula is C22H32O3. The molecule has 0 aliphatic heterocycles. The number of Topliss-reactive ketones (excluding diaryl/α,β-unsaturated/α-hetero) is 1. The summed E-state index contributed by atoms with van der Waals surface area (Å²) in [5.74, 6) is 3.90. The van der Waals surface area contributed by atoms with Gasteiger partial charge in [-0.2, -0.15) is 0 Å². The summed E-state index contributed by atoms with van der Waals surface area (Å²) in [6.45, 7) is 6.83. The standard InChI is InChI=1S/C22H32O3/c1-19-6-5-13-16(17(19)15-10-20(15,2)18(19)24)12-8-14(12)22(25)9-11(23)4-7-21(13,22)3/h11-17,23,25H,4-10H2,1-3H3/t11-,12-,13?,14+,15-,16?,17?,19-,20?,21+,22+/m0/s1. The Balaban J connectivity index is 1.45. The van der Waals surface area contributed by atoms with Crippen molar-refractivity contribution in [3.63, 3.8) is 0 Å². The summed E-state index contributed by atoms with van der Waals surface area (Å²) >= 11 is 0. The summed E-state index contributed by atoms with van der Waals surface area (Å²) in [7, 11) is 0. The van der Waals surface area contributed by atoms with Gasteiger partial charge in [-0.15, -0.1) is 0 Å². The molecule has 6 aliphatic carbocycles. The molecule has 0 radical (unpaired) electrons. The van der Waals surface area contributed by atoms with Gasteiger partial charge in [0.05, 0.1) is 11.7 Å². The van der Waals surface area contributed by atoms with Gasteiger partial charge < -0.3 is 10.2 Å². The van der Waals surface area contributed by atoms with Gasteiger partial charge in [0.25, 0.3) is 0 Å². The van der Waals surface area contributed by atoms with Crippen molar-refractivity contribution in [3.8, 4) is 0 Å². The summed E-state index contributed by atoms with van der Waals surface area (Å²) in [5, 5.41) is 22.0. The molecule has 4 unspecified atom stereocenters. The molecule has 0 saturated heterocycles. The van der Waals surface area contributed by atoms with E-state index in [9.17, 15) is 15.0 Å². The van der Waals surface area contributed by atoms with Crippen LogP contribution in [-0.2, 0) is 4.79 Å². The highest BCUT2D eigenvalue weighted by Gasteiger charge is 2.81. The van der Waals surface area contributed by atoms with Crippen LogP contribution >= 0.6 is 0 Å². The Labute approximate surface area is 150 Å². The van der Waals surface area contributed by atoms with Gasteiger partial charge in [-0.3, -0.25) is 4.79 Å². The average Bonchev–Trinajstić information content (AvgIpc) is 3.44. The Kier molecular flexibility index (Phi) is 2.53. The Morgan fingerprint density at radius 2 is 1.72 bits per heavy atom. The molecule has 138 valence electrons. The largest absolute Gasteiger partial charge is 0.393 e. The maximum atomic E-state index is 13.2. The van der Waals surface area contributed by atoms with Crippen LogP contribution in [0.3, 0.4) is 0 Å². The number of hydrogen-bond acceptors (Lipinski definition) is 3. The molecule has 0 aromatic carbocycles. The molecule has 11 atom stereocenters. The van der Waals surface area contributed by atoms with E-state index in [2.05, 4.69) is 20.8 Å². The first-order valence-corrected chi connectivity index (χ1v) is 10.6. The second-order valence-electron chi connectivity index (χ2n) is 11.5. The molecule has 2 N–H and O–H groups in total. The Morgan fingerprint density at radius 1 is 0.960 bits per heavy atom. The van der Waals surface area contributed by atoms with Crippen molar-refractivity contribution in [2.45, 2.75) is 77.4 Å². The maximum absolute atomic E-state index is 13.2. The lowest BCUT2D eigenvalue weighted by molar-refractivity contribution is -0.225. The first-order chi connectivity index (χ1) is 11.7. The van der Waals surface area contributed by atoms with Crippen molar-refractivity contribution < 1.29 is 15.0 Å². The van der Waals surface area contributed by atoms with Crippen LogP contribution in [-0.4, -0.2) is 27.7 Å². The maximum Gasteiger partial charge on any atom is 0.145 e. The second-order valence-corrected chi connectivity index (χ2v) is 11.5. The van der Waals surface area contributed by atoms with E-state index in [-0.39, 0.29) is 22.3 Å². The van der Waals surface area contributed by atoms with Gasteiger partial charge in [-0.25, -0.2) is 0 Å². The number of ketones is 1. The van der Waals surface area contributed by atoms with Gasteiger partial charge in [0, 0.05) is 17.3 Å². The zero-order valence-corrected chi connectivity index (χ0v) is 15.8. The predicted octanol–water partition coefficient (Wildman–Crippen LogP) is 3.18. The minimum absolute atomic E-state index is 0.0178. The van der Waals surface area contributed by atoms with Crippen LogP contribution in [0.2, 0.25) is 0 Å². The lowest BCUT2D eigenvalue weighted by atomic mass is 9.43. The van der Waals surface area contributed by atoms with Gasteiger partial charge in [0.15, 0.2) is 0 Å². The number of fused-ring (bicyclic) bond motifs is 10. The van der Waals surface area contributed by atoms with Gasteiger partial charge in [-0.1, -0.05) is 20.8 Å². The van der Waals surface area contributed by atoms with Gasteiger partial charge in [0.2, 0.25) is 0 Å². The molecule has 0 spiro atoms. The highest BCUT2D eigenvalue weighted by Crippen LogP contribution is 2.81. The van der Waals surface area contributed by atoms with Crippen molar-refractivity contribution >= 4 is 5.78 Å². The van der Waals surface area contributed by atoms with Gasteiger partial charge in [-0.05, 0) is 79.4 Å². The molecule has 0 bridgehead atoms. The molecule has 6 rings (SSSR count). The molecule has 0 aromatic heterocycles. The van der Waals surface area contributed by atoms with E-state index in [1.807, 2.05) is 0 Å². The predicted molar refractivity (Wildman–Crippen MR) is 93.5 cm³/mol. The molecule has 3 heteroatoms. The third-order valence-electron chi connectivity index (χ3n) is 10.7. The van der Waals surface area contributed by atoms with E-state index in [1.54, 1.807) is 0 Å². The molecule has 0 aromatic rings. The highest BCUT2D eigenvalue weighted by atomic mass is 16.3. The Bertz CT molecular complexity index is 689. The molecule has 6 aliphatic rings. The normalized spacial score (nSPS) is 69.8. The molecule has 0 amide bonds. The zero-order chi connectivity index (χ0) is 17.6. The van der Waals surface area contributed by atoms with Crippen LogP contribution < -0.4 is 0 Å². The SMILES string of the molecule is CC12C[C@H]1C1C3C(CC[C@]1(C)C2=O)[C@@]1(C)CC[C@H](O)C[C@@]1(O)[C@@H]1C[C@H]31. The monoisotopic (exact) mass is 344 g/mol.